The number of aromatic nitrogens is 2. The second kappa shape index (κ2) is 7.75. The summed E-state index contributed by atoms with van der Waals surface area (Å²) in [5.41, 5.74) is 1.60. The molecular formula is C21H21BrFN3O2. The summed E-state index contributed by atoms with van der Waals surface area (Å²) in [4.78, 5) is 16.5. The maximum Gasteiger partial charge on any atom is 0.218 e. The molecule has 0 aliphatic heterocycles. The highest BCUT2D eigenvalue weighted by Crippen LogP contribution is 2.32. The van der Waals surface area contributed by atoms with Crippen molar-refractivity contribution < 1.29 is 13.9 Å². The molecule has 146 valence electrons. The minimum absolute atomic E-state index is 0.134. The van der Waals surface area contributed by atoms with Gasteiger partial charge in [-0.25, -0.2) is 9.37 Å². The molecule has 3 rings (SSSR count). The number of halogens is 2. The standard InChI is InChI=1S/C21H21BrFN3O2/c1-13(27)25-21(2,3)26-12-18(14-5-8-16(22)9-6-14)24-20(26)15-7-10-17(23)19(11-15)28-4/h5-12H,1-4H3,(H,25,27). The van der Waals surface area contributed by atoms with Crippen LogP contribution in [0.1, 0.15) is 20.8 Å². The molecule has 0 saturated heterocycles. The van der Waals surface area contributed by atoms with E-state index in [9.17, 15) is 9.18 Å². The Balaban J connectivity index is 2.19. The Morgan fingerprint density at radius 1 is 1.18 bits per heavy atom. The predicted molar refractivity (Wildman–Crippen MR) is 110 cm³/mol. The van der Waals surface area contributed by atoms with E-state index in [1.807, 2.05) is 48.9 Å². The third kappa shape index (κ3) is 4.09. The summed E-state index contributed by atoms with van der Waals surface area (Å²) in [6.07, 6.45) is 1.88. The van der Waals surface area contributed by atoms with Crippen molar-refractivity contribution in [3.8, 4) is 28.4 Å². The van der Waals surface area contributed by atoms with Gasteiger partial charge in [0.2, 0.25) is 5.91 Å². The summed E-state index contributed by atoms with van der Waals surface area (Å²) >= 11 is 3.43. The van der Waals surface area contributed by atoms with Gasteiger partial charge >= 0.3 is 0 Å². The van der Waals surface area contributed by atoms with Gasteiger partial charge in [0.05, 0.1) is 12.8 Å². The minimum atomic E-state index is -0.747. The van der Waals surface area contributed by atoms with Gasteiger partial charge in [-0.05, 0) is 44.2 Å². The Hall–Kier alpha value is -2.67. The Labute approximate surface area is 171 Å². The number of hydrogen-bond donors (Lipinski definition) is 1. The lowest BCUT2D eigenvalue weighted by atomic mass is 10.1. The van der Waals surface area contributed by atoms with Crippen molar-refractivity contribution in [2.24, 2.45) is 0 Å². The van der Waals surface area contributed by atoms with E-state index in [0.29, 0.717) is 11.4 Å². The van der Waals surface area contributed by atoms with Crippen molar-refractivity contribution in [1.29, 1.82) is 0 Å². The molecule has 0 aliphatic carbocycles. The summed E-state index contributed by atoms with van der Waals surface area (Å²) in [5, 5.41) is 2.93. The van der Waals surface area contributed by atoms with E-state index in [1.165, 1.54) is 20.1 Å². The first kappa shape index (κ1) is 20.1. The first-order valence-corrected chi connectivity index (χ1v) is 9.49. The van der Waals surface area contributed by atoms with E-state index in [2.05, 4.69) is 21.2 Å². The first-order valence-electron chi connectivity index (χ1n) is 8.70. The molecule has 3 aromatic rings. The smallest absolute Gasteiger partial charge is 0.218 e. The molecule has 0 spiro atoms. The van der Waals surface area contributed by atoms with Gasteiger partial charge in [0.15, 0.2) is 11.6 Å². The first-order chi connectivity index (χ1) is 13.2. The van der Waals surface area contributed by atoms with Crippen LogP contribution in [0, 0.1) is 5.82 Å². The van der Waals surface area contributed by atoms with E-state index in [0.717, 1.165) is 15.7 Å². The zero-order chi connectivity index (χ0) is 20.5. The number of benzene rings is 2. The molecule has 1 N–H and O–H groups in total. The number of ether oxygens (including phenoxy) is 1. The Bertz CT molecular complexity index is 1010. The van der Waals surface area contributed by atoms with Crippen molar-refractivity contribution in [2.45, 2.75) is 26.4 Å². The average molecular weight is 446 g/mol. The zero-order valence-electron chi connectivity index (χ0n) is 16.1. The maximum absolute atomic E-state index is 13.9. The number of carbonyl (C=O) groups is 1. The SMILES string of the molecule is COc1cc(-c2nc(-c3ccc(Br)cc3)cn2C(C)(C)NC(C)=O)ccc1F. The van der Waals surface area contributed by atoms with E-state index in [1.54, 1.807) is 12.1 Å². The summed E-state index contributed by atoms with van der Waals surface area (Å²) in [7, 11) is 1.42. The molecule has 28 heavy (non-hydrogen) atoms. The van der Waals surface area contributed by atoms with Gasteiger partial charge in [-0.3, -0.25) is 4.79 Å². The number of methoxy groups -OCH3 is 1. The van der Waals surface area contributed by atoms with Crippen molar-refractivity contribution >= 4 is 21.8 Å². The van der Waals surface area contributed by atoms with Crippen LogP contribution in [-0.2, 0) is 10.5 Å². The normalized spacial score (nSPS) is 11.4. The fourth-order valence-corrected chi connectivity index (χ4v) is 3.32. The van der Waals surface area contributed by atoms with E-state index in [-0.39, 0.29) is 11.7 Å². The summed E-state index contributed by atoms with van der Waals surface area (Å²) < 4.78 is 21.8. The molecule has 1 heterocycles. The average Bonchev–Trinajstić information content (AvgIpc) is 3.08. The van der Waals surface area contributed by atoms with Gasteiger partial charge in [0, 0.05) is 28.7 Å². The van der Waals surface area contributed by atoms with E-state index in [4.69, 9.17) is 9.72 Å². The predicted octanol–water partition coefficient (Wildman–Crippen LogP) is 4.96. The van der Waals surface area contributed by atoms with Crippen LogP contribution in [0.2, 0.25) is 0 Å². The zero-order valence-corrected chi connectivity index (χ0v) is 17.7. The Morgan fingerprint density at radius 2 is 1.82 bits per heavy atom. The van der Waals surface area contributed by atoms with Crippen LogP contribution in [0.25, 0.3) is 22.6 Å². The molecule has 0 bridgehead atoms. The highest BCUT2D eigenvalue weighted by molar-refractivity contribution is 9.10. The van der Waals surface area contributed by atoms with Gasteiger partial charge in [-0.1, -0.05) is 28.1 Å². The molecule has 0 aliphatic rings. The fraction of sp³-hybridized carbons (Fsp3) is 0.238. The molecule has 0 saturated carbocycles. The number of nitrogens with zero attached hydrogens (tertiary/aromatic N) is 2. The van der Waals surface area contributed by atoms with Crippen LogP contribution in [0.3, 0.4) is 0 Å². The molecule has 5 nitrogen and oxygen atoms in total. The number of nitrogens with one attached hydrogen (secondary N) is 1. The molecule has 2 aromatic carbocycles. The van der Waals surface area contributed by atoms with Crippen molar-refractivity contribution in [3.05, 3.63) is 59.0 Å². The van der Waals surface area contributed by atoms with Gasteiger partial charge in [-0.2, -0.15) is 0 Å². The van der Waals surface area contributed by atoms with Crippen LogP contribution >= 0.6 is 15.9 Å². The molecule has 7 heteroatoms. The van der Waals surface area contributed by atoms with Crippen molar-refractivity contribution in [2.75, 3.05) is 7.11 Å². The van der Waals surface area contributed by atoms with Crippen LogP contribution < -0.4 is 10.1 Å². The van der Waals surface area contributed by atoms with E-state index < -0.39 is 11.5 Å². The van der Waals surface area contributed by atoms with Crippen LogP contribution in [0.4, 0.5) is 4.39 Å². The lowest BCUT2D eigenvalue weighted by Crippen LogP contribution is -2.44. The molecule has 1 aromatic heterocycles. The maximum atomic E-state index is 13.9. The monoisotopic (exact) mass is 445 g/mol. The van der Waals surface area contributed by atoms with Crippen molar-refractivity contribution in [1.82, 2.24) is 14.9 Å². The highest BCUT2D eigenvalue weighted by atomic mass is 79.9. The molecule has 1 amide bonds. The summed E-state index contributed by atoms with van der Waals surface area (Å²) in [5.74, 6) is 0.120. The van der Waals surface area contributed by atoms with E-state index >= 15 is 0 Å². The topological polar surface area (TPSA) is 56.1 Å². The summed E-state index contributed by atoms with van der Waals surface area (Å²) in [6.45, 7) is 5.23. The van der Waals surface area contributed by atoms with Gasteiger partial charge in [-0.15, -0.1) is 0 Å². The molecule has 0 fully saturated rings. The highest BCUT2D eigenvalue weighted by Gasteiger charge is 2.26. The van der Waals surface area contributed by atoms with Crippen molar-refractivity contribution in [3.63, 3.8) is 0 Å². The molecule has 0 atom stereocenters. The fourth-order valence-electron chi connectivity index (χ4n) is 3.06. The molecule has 0 unspecified atom stereocenters. The molecule has 0 radical (unpaired) electrons. The third-order valence-electron chi connectivity index (χ3n) is 4.34. The summed E-state index contributed by atoms with van der Waals surface area (Å²) in [6, 6.07) is 12.4. The Kier molecular flexibility index (Phi) is 5.56. The number of imidazole rings is 1. The number of amides is 1. The minimum Gasteiger partial charge on any atom is -0.494 e. The molecular weight excluding hydrogens is 425 g/mol. The quantitative estimate of drug-likeness (QED) is 0.603. The second-order valence-corrected chi connectivity index (χ2v) is 7.83. The third-order valence-corrected chi connectivity index (χ3v) is 4.87. The van der Waals surface area contributed by atoms with Gasteiger partial charge in [0.25, 0.3) is 0 Å². The van der Waals surface area contributed by atoms with Crippen LogP contribution in [0.5, 0.6) is 5.75 Å². The number of carbonyl (C=O) groups excluding carboxylic acids is 1. The van der Waals surface area contributed by atoms with Crippen LogP contribution in [-0.4, -0.2) is 22.6 Å². The number of rotatable bonds is 5. The lowest BCUT2D eigenvalue weighted by Gasteiger charge is -2.29. The lowest BCUT2D eigenvalue weighted by molar-refractivity contribution is -0.121. The van der Waals surface area contributed by atoms with Gasteiger partial charge < -0.3 is 14.6 Å². The second-order valence-electron chi connectivity index (χ2n) is 6.92. The Morgan fingerprint density at radius 3 is 2.43 bits per heavy atom. The number of hydrogen-bond acceptors (Lipinski definition) is 3. The van der Waals surface area contributed by atoms with Gasteiger partial charge in [0.1, 0.15) is 11.5 Å². The largest absolute Gasteiger partial charge is 0.494 e. The van der Waals surface area contributed by atoms with Crippen LogP contribution in [0.15, 0.2) is 53.1 Å².